The van der Waals surface area contributed by atoms with E-state index in [1.54, 1.807) is 6.08 Å². The number of carboxylic acids is 2. The van der Waals surface area contributed by atoms with Crippen molar-refractivity contribution in [2.75, 3.05) is 6.54 Å². The number of nitrogens with zero attached hydrogens (tertiary/aromatic N) is 2. The van der Waals surface area contributed by atoms with Gasteiger partial charge in [-0.1, -0.05) is 6.08 Å². The molecule has 1 aromatic heterocycles. The van der Waals surface area contributed by atoms with Crippen molar-refractivity contribution in [1.29, 1.82) is 0 Å². The van der Waals surface area contributed by atoms with Gasteiger partial charge in [0.2, 0.25) is 0 Å². The van der Waals surface area contributed by atoms with Crippen LogP contribution in [-0.4, -0.2) is 39.4 Å². The topological polar surface area (TPSA) is 99.8 Å². The molecule has 0 aromatic carbocycles. The monoisotopic (exact) mass is 288 g/mol. The van der Waals surface area contributed by atoms with Crippen molar-refractivity contribution in [3.05, 3.63) is 53.9 Å². The lowest BCUT2D eigenvalue weighted by atomic mass is 10.0. The highest BCUT2D eigenvalue weighted by Crippen LogP contribution is 2.13. The molecule has 0 saturated heterocycles. The highest BCUT2D eigenvalue weighted by molar-refractivity contribution is 6.12. The highest BCUT2D eigenvalue weighted by atomic mass is 16.4. The molecule has 0 unspecified atom stereocenters. The Labute approximate surface area is 122 Å². The van der Waals surface area contributed by atoms with Crippen LogP contribution in [0.25, 0.3) is 0 Å². The maximum Gasteiger partial charge on any atom is 0.335 e. The first-order chi connectivity index (χ1) is 9.99. The summed E-state index contributed by atoms with van der Waals surface area (Å²) in [6.07, 6.45) is 4.92. The molecule has 0 atom stereocenters. The van der Waals surface area contributed by atoms with E-state index in [4.69, 9.17) is 10.2 Å². The Kier molecular flexibility index (Phi) is 6.00. The second-order valence-electron chi connectivity index (χ2n) is 4.13. The van der Waals surface area contributed by atoms with E-state index >= 15 is 0 Å². The Morgan fingerprint density at radius 3 is 2.57 bits per heavy atom. The molecule has 0 amide bonds. The lowest BCUT2D eigenvalue weighted by Crippen LogP contribution is -2.13. The maximum atomic E-state index is 10.9. The fourth-order valence-corrected chi connectivity index (χ4v) is 1.61. The number of hydrogen-bond donors (Lipinski definition) is 2. The average molecular weight is 288 g/mol. The van der Waals surface area contributed by atoms with E-state index < -0.39 is 11.9 Å². The van der Waals surface area contributed by atoms with Crippen LogP contribution in [0.1, 0.15) is 29.4 Å². The summed E-state index contributed by atoms with van der Waals surface area (Å²) in [5.74, 6) is -2.05. The number of carbonyl (C=O) groups is 2. The van der Waals surface area contributed by atoms with E-state index in [0.29, 0.717) is 24.4 Å². The Morgan fingerprint density at radius 1 is 1.33 bits per heavy atom. The molecule has 1 aromatic rings. The molecule has 0 bridgehead atoms. The van der Waals surface area contributed by atoms with Gasteiger partial charge in [0.1, 0.15) is 0 Å². The molecule has 6 heteroatoms. The number of rotatable bonds is 3. The van der Waals surface area contributed by atoms with Crippen LogP contribution < -0.4 is 0 Å². The summed E-state index contributed by atoms with van der Waals surface area (Å²) < 4.78 is 0. The molecule has 6 nitrogen and oxygen atoms in total. The van der Waals surface area contributed by atoms with Crippen molar-refractivity contribution in [2.45, 2.75) is 13.3 Å². The lowest BCUT2D eigenvalue weighted by molar-refractivity contribution is -0.132. The van der Waals surface area contributed by atoms with Gasteiger partial charge in [-0.05, 0) is 31.6 Å². The van der Waals surface area contributed by atoms with Gasteiger partial charge in [-0.2, -0.15) is 0 Å². The Bertz CT molecular complexity index is 618. The van der Waals surface area contributed by atoms with Crippen molar-refractivity contribution in [3.63, 3.8) is 0 Å². The van der Waals surface area contributed by atoms with Gasteiger partial charge in [-0.3, -0.25) is 9.98 Å². The number of pyridine rings is 1. The summed E-state index contributed by atoms with van der Waals surface area (Å²) in [4.78, 5) is 29.9. The molecule has 2 N–H and O–H groups in total. The van der Waals surface area contributed by atoms with Gasteiger partial charge in [0.25, 0.3) is 0 Å². The summed E-state index contributed by atoms with van der Waals surface area (Å²) in [7, 11) is 0. The van der Waals surface area contributed by atoms with Gasteiger partial charge in [0.15, 0.2) is 0 Å². The largest absolute Gasteiger partial charge is 0.478 e. The number of aliphatic imine (C=N–C) groups is 1. The van der Waals surface area contributed by atoms with Crippen LogP contribution in [0.2, 0.25) is 0 Å². The van der Waals surface area contributed by atoms with Crippen molar-refractivity contribution >= 4 is 17.7 Å². The summed E-state index contributed by atoms with van der Waals surface area (Å²) in [6, 6.07) is 2.75. The van der Waals surface area contributed by atoms with E-state index in [1.807, 2.05) is 6.92 Å². The third-order valence-corrected chi connectivity index (χ3v) is 2.52. The Hall–Kier alpha value is -2.76. The molecule has 0 spiro atoms. The second-order valence-corrected chi connectivity index (χ2v) is 4.13. The fourth-order valence-electron chi connectivity index (χ4n) is 1.61. The molecule has 2 rings (SSSR count). The van der Waals surface area contributed by atoms with Crippen molar-refractivity contribution < 1.29 is 19.8 Å². The average Bonchev–Trinajstić information content (AvgIpc) is 2.48. The molecule has 0 radical (unpaired) electrons. The van der Waals surface area contributed by atoms with E-state index in [-0.39, 0.29) is 11.1 Å². The third kappa shape index (κ3) is 4.68. The first kappa shape index (κ1) is 16.3. The van der Waals surface area contributed by atoms with Crippen LogP contribution in [0.5, 0.6) is 0 Å². The minimum Gasteiger partial charge on any atom is -0.478 e. The van der Waals surface area contributed by atoms with Crippen LogP contribution >= 0.6 is 0 Å². The number of aromatic nitrogens is 1. The second kappa shape index (κ2) is 7.74. The zero-order chi connectivity index (χ0) is 15.8. The third-order valence-electron chi connectivity index (χ3n) is 2.52. The lowest BCUT2D eigenvalue weighted by Gasteiger charge is -2.10. The fraction of sp³-hybridized carbons (Fsp3) is 0.200. The standard InChI is InChI=1S/C12H10N2O4.C3H6/c15-11(16)7-1-3-13-9(5-7)10-6-8(12(17)18)2-4-14-10;1-3-2/h1,3,5-6H,2,4H2,(H,15,16)(H,17,18);3H,1H2,2H3. The molecular weight excluding hydrogens is 272 g/mol. The van der Waals surface area contributed by atoms with Gasteiger partial charge < -0.3 is 10.2 Å². The molecule has 0 fully saturated rings. The van der Waals surface area contributed by atoms with E-state index in [2.05, 4.69) is 16.6 Å². The van der Waals surface area contributed by atoms with Gasteiger partial charge >= 0.3 is 11.9 Å². The molecule has 21 heavy (non-hydrogen) atoms. The first-order valence-corrected chi connectivity index (χ1v) is 6.24. The zero-order valence-electron chi connectivity index (χ0n) is 11.6. The number of hydrogen-bond acceptors (Lipinski definition) is 4. The number of aromatic carboxylic acids is 1. The number of allylic oxidation sites excluding steroid dienone is 2. The number of aliphatic carboxylic acids is 1. The van der Waals surface area contributed by atoms with Crippen molar-refractivity contribution in [2.24, 2.45) is 4.99 Å². The molecule has 1 aliphatic heterocycles. The number of carboxylic acid groups (broad SMARTS) is 2. The predicted molar refractivity (Wildman–Crippen MR) is 78.8 cm³/mol. The maximum absolute atomic E-state index is 10.9. The molecule has 110 valence electrons. The summed E-state index contributed by atoms with van der Waals surface area (Å²) in [5, 5.41) is 17.8. The normalized spacial score (nSPS) is 13.2. The minimum absolute atomic E-state index is 0.0959. The van der Waals surface area contributed by atoms with E-state index in [1.165, 1.54) is 24.4 Å². The van der Waals surface area contributed by atoms with Crippen LogP contribution in [0.3, 0.4) is 0 Å². The predicted octanol–water partition coefficient (Wildman–Crippen LogP) is 2.18. The Morgan fingerprint density at radius 2 is 2.00 bits per heavy atom. The molecule has 0 aliphatic carbocycles. The molecule has 0 saturated carbocycles. The molecule has 1 aliphatic rings. The summed E-state index contributed by atoms with van der Waals surface area (Å²) in [6.45, 7) is 5.62. The van der Waals surface area contributed by atoms with Crippen LogP contribution in [0.15, 0.2) is 47.6 Å². The van der Waals surface area contributed by atoms with Crippen LogP contribution in [-0.2, 0) is 4.79 Å². The van der Waals surface area contributed by atoms with Crippen LogP contribution in [0, 0.1) is 0 Å². The summed E-state index contributed by atoms with van der Waals surface area (Å²) >= 11 is 0. The van der Waals surface area contributed by atoms with Gasteiger partial charge in [0.05, 0.1) is 17.0 Å². The molecule has 2 heterocycles. The highest BCUT2D eigenvalue weighted by Gasteiger charge is 2.15. The van der Waals surface area contributed by atoms with E-state index in [9.17, 15) is 9.59 Å². The van der Waals surface area contributed by atoms with E-state index in [0.717, 1.165) is 0 Å². The summed E-state index contributed by atoms with van der Waals surface area (Å²) in [5.41, 5.74) is 1.12. The zero-order valence-corrected chi connectivity index (χ0v) is 11.6. The first-order valence-electron chi connectivity index (χ1n) is 6.24. The Balaban J connectivity index is 0.000000677. The van der Waals surface area contributed by atoms with Gasteiger partial charge in [-0.25, -0.2) is 9.59 Å². The molecular formula is C15H16N2O4. The number of dihydropyridines is 1. The SMILES string of the molecule is C=CC.O=C(O)C1=CC(c2cc(C(=O)O)ccn2)=NCC1. The van der Waals surface area contributed by atoms with Crippen molar-refractivity contribution in [3.8, 4) is 0 Å². The van der Waals surface area contributed by atoms with Gasteiger partial charge in [-0.15, -0.1) is 6.58 Å². The quantitative estimate of drug-likeness (QED) is 0.830. The van der Waals surface area contributed by atoms with Gasteiger partial charge in [0, 0.05) is 18.3 Å². The smallest absolute Gasteiger partial charge is 0.335 e. The minimum atomic E-state index is -1.06. The van der Waals surface area contributed by atoms with Crippen LogP contribution in [0.4, 0.5) is 0 Å². The van der Waals surface area contributed by atoms with Crippen molar-refractivity contribution in [1.82, 2.24) is 4.98 Å².